The van der Waals surface area contributed by atoms with Crippen LogP contribution in [0.5, 0.6) is 0 Å². The van der Waals surface area contributed by atoms with Crippen LogP contribution < -0.4 is 5.32 Å². The zero-order valence-electron chi connectivity index (χ0n) is 14.1. The highest BCUT2D eigenvalue weighted by Crippen LogP contribution is 2.35. The Labute approximate surface area is 141 Å². The number of nitrogens with one attached hydrogen (secondary N) is 1. The third-order valence-corrected chi connectivity index (χ3v) is 4.13. The van der Waals surface area contributed by atoms with E-state index in [4.69, 9.17) is 8.94 Å². The summed E-state index contributed by atoms with van der Waals surface area (Å²) < 4.78 is 11.4. The van der Waals surface area contributed by atoms with Crippen molar-refractivity contribution < 1.29 is 8.94 Å². The van der Waals surface area contributed by atoms with Crippen LogP contribution in [-0.4, -0.2) is 23.2 Å². The summed E-state index contributed by atoms with van der Waals surface area (Å²) in [7, 11) is 1.92. The molecule has 1 atom stereocenters. The average Bonchev–Trinajstić information content (AvgIpc) is 3.08. The molecule has 0 saturated carbocycles. The molecule has 3 rings (SSSR count). The highest BCUT2D eigenvalue weighted by Gasteiger charge is 2.20. The number of benzene rings is 1. The van der Waals surface area contributed by atoms with E-state index in [2.05, 4.69) is 41.4 Å². The van der Waals surface area contributed by atoms with Gasteiger partial charge in [-0.15, -0.1) is 12.4 Å². The highest BCUT2D eigenvalue weighted by atomic mass is 35.5. The number of halogens is 1. The van der Waals surface area contributed by atoms with E-state index in [1.54, 1.807) is 0 Å². The van der Waals surface area contributed by atoms with Gasteiger partial charge in [0.15, 0.2) is 11.6 Å². The van der Waals surface area contributed by atoms with Crippen LogP contribution >= 0.6 is 12.4 Å². The Morgan fingerprint density at radius 2 is 1.87 bits per heavy atom. The quantitative estimate of drug-likeness (QED) is 0.781. The number of aryl methyl sites for hydroxylation is 3. The molecular weight excluding hydrogens is 314 g/mol. The Morgan fingerprint density at radius 3 is 2.52 bits per heavy atom. The van der Waals surface area contributed by atoms with E-state index in [0.29, 0.717) is 23.5 Å². The maximum Gasteiger partial charge on any atom is 0.293 e. The molecule has 2 aromatic heterocycles. The van der Waals surface area contributed by atoms with Crippen LogP contribution in [0, 0.1) is 20.8 Å². The van der Waals surface area contributed by atoms with Crippen LogP contribution in [-0.2, 0) is 6.42 Å². The molecule has 1 N–H and O–H groups in total. The Kier molecular flexibility index (Phi) is 5.12. The first-order valence-corrected chi connectivity index (χ1v) is 7.50. The lowest BCUT2D eigenvalue weighted by Gasteiger charge is -2.04. The molecule has 0 radical (unpaired) electrons. The monoisotopic (exact) mass is 335 g/mol. The van der Waals surface area contributed by atoms with Gasteiger partial charge in [0.25, 0.3) is 5.89 Å². The Bertz CT molecular complexity index is 823. The van der Waals surface area contributed by atoms with E-state index in [0.717, 1.165) is 28.5 Å². The molecule has 124 valence electrons. The molecule has 23 heavy (non-hydrogen) atoms. The molecule has 0 spiro atoms. The fourth-order valence-corrected chi connectivity index (χ4v) is 2.68. The van der Waals surface area contributed by atoms with Crippen LogP contribution in [0.3, 0.4) is 0 Å². The Hall–Kier alpha value is -1.85. The second-order valence-electron chi connectivity index (χ2n) is 5.87. The fraction of sp³-hybridized carbons (Fsp3) is 0.412. The summed E-state index contributed by atoms with van der Waals surface area (Å²) in [5, 5.41) is 8.35. The maximum absolute atomic E-state index is 6.03. The number of hydrogen-bond donors (Lipinski definition) is 1. The molecule has 3 aromatic rings. The van der Waals surface area contributed by atoms with Crippen molar-refractivity contribution in [2.75, 3.05) is 7.05 Å². The summed E-state index contributed by atoms with van der Waals surface area (Å²) in [6.45, 7) is 8.24. The van der Waals surface area contributed by atoms with Gasteiger partial charge in [0.05, 0.1) is 0 Å². The van der Waals surface area contributed by atoms with E-state index < -0.39 is 0 Å². The van der Waals surface area contributed by atoms with Crippen LogP contribution in [0.25, 0.3) is 22.6 Å². The lowest BCUT2D eigenvalue weighted by atomic mass is 10.0. The van der Waals surface area contributed by atoms with Crippen LogP contribution in [0.4, 0.5) is 0 Å². The SMILES string of the molecule is CNC(C)Cc1noc(-c2oc3c(C)ccc(C)c3c2C)n1.Cl. The van der Waals surface area contributed by atoms with Crippen LogP contribution in [0.15, 0.2) is 21.1 Å². The van der Waals surface area contributed by atoms with E-state index in [1.807, 2.05) is 20.9 Å². The number of nitrogens with zero attached hydrogens (tertiary/aromatic N) is 2. The topological polar surface area (TPSA) is 64.1 Å². The van der Waals surface area contributed by atoms with E-state index in [1.165, 1.54) is 5.56 Å². The smallest absolute Gasteiger partial charge is 0.293 e. The number of likely N-dealkylation sites (N-methyl/N-ethyl adjacent to an activating group) is 1. The summed E-state index contributed by atoms with van der Waals surface area (Å²) in [5.41, 5.74) is 4.25. The second-order valence-corrected chi connectivity index (χ2v) is 5.87. The largest absolute Gasteiger partial charge is 0.450 e. The normalized spacial score (nSPS) is 12.4. The summed E-state index contributed by atoms with van der Waals surface area (Å²) in [4.78, 5) is 4.47. The van der Waals surface area contributed by atoms with Crippen molar-refractivity contribution in [3.8, 4) is 11.7 Å². The van der Waals surface area contributed by atoms with Gasteiger partial charge in [0.1, 0.15) is 5.58 Å². The van der Waals surface area contributed by atoms with Gasteiger partial charge < -0.3 is 14.3 Å². The molecule has 1 unspecified atom stereocenters. The number of furan rings is 1. The molecule has 1 aromatic carbocycles. The van der Waals surface area contributed by atoms with E-state index in [-0.39, 0.29) is 12.4 Å². The van der Waals surface area contributed by atoms with Gasteiger partial charge >= 0.3 is 0 Å². The molecule has 0 aliphatic carbocycles. The summed E-state index contributed by atoms with van der Waals surface area (Å²) in [6.07, 6.45) is 0.720. The number of hydrogen-bond acceptors (Lipinski definition) is 5. The number of aromatic nitrogens is 2. The predicted octanol–water partition coefficient (Wildman–Crippen LogP) is 3.98. The van der Waals surface area contributed by atoms with Gasteiger partial charge in [-0.1, -0.05) is 17.3 Å². The van der Waals surface area contributed by atoms with Gasteiger partial charge in [-0.25, -0.2) is 0 Å². The lowest BCUT2D eigenvalue weighted by Crippen LogP contribution is -2.24. The van der Waals surface area contributed by atoms with Crippen molar-refractivity contribution in [3.05, 3.63) is 34.6 Å². The highest BCUT2D eigenvalue weighted by molar-refractivity contribution is 5.91. The number of fused-ring (bicyclic) bond motifs is 1. The van der Waals surface area contributed by atoms with Crippen LogP contribution in [0.1, 0.15) is 29.4 Å². The van der Waals surface area contributed by atoms with E-state index >= 15 is 0 Å². The zero-order chi connectivity index (χ0) is 15.9. The van der Waals surface area contributed by atoms with Crippen molar-refractivity contribution in [2.45, 2.75) is 40.2 Å². The molecule has 0 aliphatic rings. The molecular formula is C17H22ClN3O2. The van der Waals surface area contributed by atoms with Gasteiger partial charge in [-0.3, -0.25) is 0 Å². The molecule has 0 aliphatic heterocycles. The van der Waals surface area contributed by atoms with Crippen molar-refractivity contribution in [1.82, 2.24) is 15.5 Å². The first-order valence-electron chi connectivity index (χ1n) is 7.50. The minimum Gasteiger partial charge on any atom is -0.450 e. The van der Waals surface area contributed by atoms with Crippen molar-refractivity contribution in [2.24, 2.45) is 0 Å². The summed E-state index contributed by atoms with van der Waals surface area (Å²) in [5.74, 6) is 1.80. The van der Waals surface area contributed by atoms with Gasteiger partial charge in [-0.05, 0) is 45.9 Å². The second kappa shape index (κ2) is 6.72. The van der Waals surface area contributed by atoms with Gasteiger partial charge in [0.2, 0.25) is 0 Å². The maximum atomic E-state index is 6.03. The first-order chi connectivity index (χ1) is 10.5. The third kappa shape index (κ3) is 3.12. The number of rotatable bonds is 4. The summed E-state index contributed by atoms with van der Waals surface area (Å²) in [6, 6.07) is 4.47. The summed E-state index contributed by atoms with van der Waals surface area (Å²) >= 11 is 0. The Balaban J connectivity index is 0.00000192. The Morgan fingerprint density at radius 1 is 1.17 bits per heavy atom. The molecule has 2 heterocycles. The average molecular weight is 336 g/mol. The molecule has 5 nitrogen and oxygen atoms in total. The molecule has 0 bridgehead atoms. The lowest BCUT2D eigenvalue weighted by molar-refractivity contribution is 0.407. The minimum absolute atomic E-state index is 0. The molecule has 0 saturated heterocycles. The van der Waals surface area contributed by atoms with Crippen molar-refractivity contribution >= 4 is 23.4 Å². The van der Waals surface area contributed by atoms with Gasteiger partial charge in [0, 0.05) is 23.4 Å². The van der Waals surface area contributed by atoms with Crippen molar-refractivity contribution in [1.29, 1.82) is 0 Å². The molecule has 0 fully saturated rings. The standard InChI is InChI=1S/C17H21N3O2.ClH/c1-9-6-7-10(2)15-14(9)12(4)16(21-15)17-19-13(20-22-17)8-11(3)18-5;/h6-7,11,18H,8H2,1-5H3;1H. The third-order valence-electron chi connectivity index (χ3n) is 4.13. The van der Waals surface area contributed by atoms with Crippen molar-refractivity contribution in [3.63, 3.8) is 0 Å². The first kappa shape index (κ1) is 17.5. The fourth-order valence-electron chi connectivity index (χ4n) is 2.68. The van der Waals surface area contributed by atoms with E-state index in [9.17, 15) is 0 Å². The molecule has 0 amide bonds. The van der Waals surface area contributed by atoms with Gasteiger partial charge in [-0.2, -0.15) is 4.98 Å². The zero-order valence-corrected chi connectivity index (χ0v) is 14.9. The minimum atomic E-state index is 0. The van der Waals surface area contributed by atoms with Crippen LogP contribution in [0.2, 0.25) is 0 Å². The predicted molar refractivity (Wildman–Crippen MR) is 93.2 cm³/mol. The molecule has 6 heteroatoms.